The predicted molar refractivity (Wildman–Crippen MR) is 121 cm³/mol. The molecule has 4 aromatic rings. The van der Waals surface area contributed by atoms with Gasteiger partial charge in [-0.15, -0.1) is 0 Å². The molecule has 0 saturated carbocycles. The number of carboxylic acid groups (broad SMARTS) is 1. The van der Waals surface area contributed by atoms with Crippen LogP contribution in [0.3, 0.4) is 0 Å². The fraction of sp³-hybridized carbons (Fsp3) is 0.0909. The Morgan fingerprint density at radius 2 is 1.95 bits per heavy atom. The maximum absolute atomic E-state index is 13.1. The van der Waals surface area contributed by atoms with Crippen LogP contribution in [-0.4, -0.2) is 36.6 Å². The second-order valence-electron chi connectivity index (χ2n) is 7.52. The summed E-state index contributed by atoms with van der Waals surface area (Å²) in [4.78, 5) is 52.4. The van der Waals surface area contributed by atoms with Gasteiger partial charge in [0.15, 0.2) is 0 Å². The van der Waals surface area contributed by atoms with E-state index in [0.29, 0.717) is 0 Å². The first-order valence-corrected chi connectivity index (χ1v) is 10.2. The maximum Gasteiger partial charge on any atom is 0.418 e. The number of anilines is 1. The number of carboxylic acids is 1. The number of imidazole rings is 1. The van der Waals surface area contributed by atoms with Crippen LogP contribution in [0.2, 0.25) is 0 Å². The SMILES string of the molecule is O=C(Nc1ccccc1C(F)(F)F)OCc1cn(-c2cc3cc(C(=O)O)c(=O)[nH]c3cc2[N+](=O)[O-])cn1. The molecule has 15 heteroatoms. The minimum absolute atomic E-state index is 0.0323. The van der Waals surface area contributed by atoms with Gasteiger partial charge in [-0.2, -0.15) is 13.2 Å². The Morgan fingerprint density at radius 1 is 1.22 bits per heavy atom. The highest BCUT2D eigenvalue weighted by molar-refractivity contribution is 5.94. The van der Waals surface area contributed by atoms with Crippen molar-refractivity contribution in [3.05, 3.63) is 92.3 Å². The summed E-state index contributed by atoms with van der Waals surface area (Å²) < 4.78 is 45.4. The van der Waals surface area contributed by atoms with Gasteiger partial charge in [0.05, 0.1) is 33.7 Å². The van der Waals surface area contributed by atoms with Gasteiger partial charge in [-0.1, -0.05) is 12.1 Å². The molecule has 0 atom stereocenters. The van der Waals surface area contributed by atoms with Crippen molar-refractivity contribution in [2.45, 2.75) is 12.8 Å². The summed E-state index contributed by atoms with van der Waals surface area (Å²) in [6.45, 7) is -0.481. The number of nitro groups is 1. The lowest BCUT2D eigenvalue weighted by Crippen LogP contribution is -2.17. The summed E-state index contributed by atoms with van der Waals surface area (Å²) in [6.07, 6.45) is -3.45. The summed E-state index contributed by atoms with van der Waals surface area (Å²) in [5, 5.41) is 23.0. The van der Waals surface area contributed by atoms with Crippen molar-refractivity contribution >= 4 is 34.3 Å². The third-order valence-electron chi connectivity index (χ3n) is 5.10. The highest BCUT2D eigenvalue weighted by Crippen LogP contribution is 2.34. The van der Waals surface area contributed by atoms with E-state index in [1.54, 1.807) is 0 Å². The number of pyridine rings is 1. The molecule has 2 heterocycles. The van der Waals surface area contributed by atoms with E-state index in [9.17, 15) is 37.7 Å². The third-order valence-corrected chi connectivity index (χ3v) is 5.10. The Kier molecular flexibility index (Phi) is 6.36. The van der Waals surface area contributed by atoms with Crippen LogP contribution in [0.4, 0.5) is 29.3 Å². The number of hydrogen-bond donors (Lipinski definition) is 3. The number of rotatable bonds is 6. The standard InChI is InChI=1S/C22H14F3N5O7/c23-22(24,25)14-3-1-2-4-15(14)28-21(34)37-9-12-8-29(10-26-12)17-6-11-5-13(20(32)33)19(31)27-16(11)7-18(17)30(35)36/h1-8,10H,9H2,(H,27,31)(H,28,34)(H,32,33). The fourth-order valence-corrected chi connectivity index (χ4v) is 3.44. The molecule has 12 nitrogen and oxygen atoms in total. The van der Waals surface area contributed by atoms with Crippen LogP contribution < -0.4 is 10.9 Å². The Morgan fingerprint density at radius 3 is 2.62 bits per heavy atom. The van der Waals surface area contributed by atoms with Gasteiger partial charge >= 0.3 is 18.2 Å². The first-order valence-electron chi connectivity index (χ1n) is 10.2. The Balaban J connectivity index is 1.57. The zero-order chi connectivity index (χ0) is 26.9. The molecule has 2 aromatic carbocycles. The van der Waals surface area contributed by atoms with Gasteiger partial charge < -0.3 is 14.8 Å². The van der Waals surface area contributed by atoms with Crippen LogP contribution >= 0.6 is 0 Å². The van der Waals surface area contributed by atoms with Crippen molar-refractivity contribution in [2.75, 3.05) is 5.32 Å². The number of nitrogens with zero attached hydrogens (tertiary/aromatic N) is 3. The molecule has 0 aliphatic heterocycles. The topological polar surface area (TPSA) is 169 Å². The molecule has 2 aromatic heterocycles. The second kappa shape index (κ2) is 9.44. The summed E-state index contributed by atoms with van der Waals surface area (Å²) >= 11 is 0. The highest BCUT2D eigenvalue weighted by Gasteiger charge is 2.33. The zero-order valence-electron chi connectivity index (χ0n) is 18.3. The molecular formula is C22H14F3N5O7. The molecule has 0 unspecified atom stereocenters. The van der Waals surface area contributed by atoms with E-state index in [1.165, 1.54) is 22.9 Å². The van der Waals surface area contributed by atoms with Gasteiger partial charge in [-0.3, -0.25) is 24.8 Å². The number of aromatic carboxylic acids is 1. The molecule has 0 saturated heterocycles. The molecular weight excluding hydrogens is 503 g/mol. The van der Waals surface area contributed by atoms with Crippen LogP contribution in [0.25, 0.3) is 16.6 Å². The number of benzene rings is 2. The van der Waals surface area contributed by atoms with Gasteiger partial charge in [0.2, 0.25) is 0 Å². The van der Waals surface area contributed by atoms with Gasteiger partial charge in [0.25, 0.3) is 11.2 Å². The molecule has 0 bridgehead atoms. The fourth-order valence-electron chi connectivity index (χ4n) is 3.44. The van der Waals surface area contributed by atoms with Crippen LogP contribution in [0, 0.1) is 10.1 Å². The number of nitro benzene ring substituents is 1. The molecule has 0 aliphatic carbocycles. The molecule has 4 rings (SSSR count). The Labute approximate surface area is 203 Å². The predicted octanol–water partition coefficient (Wildman–Crippen LogP) is 4.09. The average Bonchev–Trinajstić information content (AvgIpc) is 3.30. The van der Waals surface area contributed by atoms with Crippen molar-refractivity contribution in [1.29, 1.82) is 0 Å². The van der Waals surface area contributed by atoms with E-state index in [2.05, 4.69) is 9.97 Å². The van der Waals surface area contributed by atoms with Crippen LogP contribution in [0.1, 0.15) is 21.6 Å². The number of ether oxygens (including phenoxy) is 1. The van der Waals surface area contributed by atoms with E-state index >= 15 is 0 Å². The van der Waals surface area contributed by atoms with Crippen molar-refractivity contribution in [3.8, 4) is 5.69 Å². The lowest BCUT2D eigenvalue weighted by Gasteiger charge is -2.13. The highest BCUT2D eigenvalue weighted by atomic mass is 19.4. The molecule has 0 spiro atoms. The van der Waals surface area contributed by atoms with E-state index < -0.39 is 57.8 Å². The average molecular weight is 517 g/mol. The summed E-state index contributed by atoms with van der Waals surface area (Å²) in [5.74, 6) is -1.48. The Hall–Kier alpha value is -5.21. The number of nitrogens with one attached hydrogen (secondary N) is 2. The van der Waals surface area contributed by atoms with Gasteiger partial charge in [0.1, 0.15) is 17.9 Å². The van der Waals surface area contributed by atoms with Gasteiger partial charge in [-0.25, -0.2) is 14.6 Å². The molecule has 37 heavy (non-hydrogen) atoms. The number of aromatic nitrogens is 3. The van der Waals surface area contributed by atoms with Gasteiger partial charge in [-0.05, 0) is 24.3 Å². The summed E-state index contributed by atoms with van der Waals surface area (Å²) in [5.41, 5.74) is -3.42. The number of aromatic amines is 1. The van der Waals surface area contributed by atoms with E-state index in [4.69, 9.17) is 9.84 Å². The number of amides is 1. The maximum atomic E-state index is 13.1. The van der Waals surface area contributed by atoms with Crippen LogP contribution in [0.5, 0.6) is 0 Å². The van der Waals surface area contributed by atoms with Gasteiger partial charge in [0, 0.05) is 17.6 Å². The smallest absolute Gasteiger partial charge is 0.418 e. The molecule has 0 radical (unpaired) electrons. The lowest BCUT2D eigenvalue weighted by molar-refractivity contribution is -0.384. The van der Waals surface area contributed by atoms with E-state index in [0.717, 1.165) is 36.7 Å². The molecule has 0 aliphatic rings. The molecule has 1 amide bonds. The first-order chi connectivity index (χ1) is 17.4. The first kappa shape index (κ1) is 24.9. The largest absolute Gasteiger partial charge is 0.477 e. The minimum atomic E-state index is -4.70. The van der Waals surface area contributed by atoms with Crippen molar-refractivity contribution < 1.29 is 37.5 Å². The van der Waals surface area contributed by atoms with E-state index in [1.807, 2.05) is 5.32 Å². The summed E-state index contributed by atoms with van der Waals surface area (Å²) in [6, 6.07) is 7.70. The number of para-hydroxylation sites is 1. The molecule has 3 N–H and O–H groups in total. The van der Waals surface area contributed by atoms with E-state index in [-0.39, 0.29) is 22.3 Å². The van der Waals surface area contributed by atoms with Crippen LogP contribution in [-0.2, 0) is 17.5 Å². The number of alkyl halides is 3. The van der Waals surface area contributed by atoms with Crippen molar-refractivity contribution in [2.24, 2.45) is 0 Å². The number of halogens is 3. The molecule has 0 fully saturated rings. The van der Waals surface area contributed by atoms with Crippen LogP contribution in [0.15, 0.2) is 59.8 Å². The second-order valence-corrected chi connectivity index (χ2v) is 7.52. The zero-order valence-corrected chi connectivity index (χ0v) is 18.3. The molecule has 190 valence electrons. The Bertz CT molecular complexity index is 1610. The third kappa shape index (κ3) is 5.24. The quantitative estimate of drug-likeness (QED) is 0.254. The number of hydrogen-bond acceptors (Lipinski definition) is 7. The number of carbonyl (C=O) groups excluding carboxylic acids is 1. The summed E-state index contributed by atoms with van der Waals surface area (Å²) in [7, 11) is 0. The number of H-pyrrole nitrogens is 1. The number of fused-ring (bicyclic) bond motifs is 1. The lowest BCUT2D eigenvalue weighted by atomic mass is 10.1. The number of carbonyl (C=O) groups is 2. The monoisotopic (exact) mass is 517 g/mol. The minimum Gasteiger partial charge on any atom is -0.477 e. The van der Waals surface area contributed by atoms with Crippen molar-refractivity contribution in [3.63, 3.8) is 0 Å². The van der Waals surface area contributed by atoms with Crippen molar-refractivity contribution in [1.82, 2.24) is 14.5 Å². The normalized spacial score (nSPS) is 11.3.